The van der Waals surface area contributed by atoms with Gasteiger partial charge in [-0.25, -0.2) is 4.98 Å². The third-order valence-electron chi connectivity index (χ3n) is 3.57. The van der Waals surface area contributed by atoms with Crippen molar-refractivity contribution in [2.45, 2.75) is 33.4 Å². The molecule has 1 atom stereocenters. The Kier molecular flexibility index (Phi) is 8.84. The van der Waals surface area contributed by atoms with E-state index in [0.29, 0.717) is 36.3 Å². The molecule has 26 heavy (non-hydrogen) atoms. The van der Waals surface area contributed by atoms with Crippen LogP contribution in [0.4, 0.5) is 0 Å². The molecule has 2 aromatic rings. The van der Waals surface area contributed by atoms with Gasteiger partial charge in [-0.1, -0.05) is 19.9 Å². The molecule has 0 spiro atoms. The lowest BCUT2D eigenvalue weighted by Crippen LogP contribution is -2.27. The first-order chi connectivity index (χ1) is 11.9. The Labute approximate surface area is 164 Å². The fourth-order valence-electron chi connectivity index (χ4n) is 2.19. The zero-order valence-corrected chi connectivity index (χ0v) is 17.1. The van der Waals surface area contributed by atoms with Crippen LogP contribution in [0.15, 0.2) is 23.6 Å². The Morgan fingerprint density at radius 3 is 2.62 bits per heavy atom. The summed E-state index contributed by atoms with van der Waals surface area (Å²) in [7, 11) is 1.61. The van der Waals surface area contributed by atoms with Crippen molar-refractivity contribution in [2.75, 3.05) is 13.7 Å². The van der Waals surface area contributed by atoms with Gasteiger partial charge in [0.1, 0.15) is 10.7 Å². The van der Waals surface area contributed by atoms with Crippen molar-refractivity contribution in [3.05, 3.63) is 39.8 Å². The molecule has 0 fully saturated rings. The van der Waals surface area contributed by atoms with E-state index in [-0.39, 0.29) is 24.4 Å². The van der Waals surface area contributed by atoms with Crippen molar-refractivity contribution in [1.29, 1.82) is 0 Å². The van der Waals surface area contributed by atoms with E-state index < -0.39 is 0 Å². The molecule has 0 saturated heterocycles. The molecule has 3 N–H and O–H groups in total. The number of nitrogens with zero attached hydrogens (tertiary/aromatic N) is 1. The zero-order valence-electron chi connectivity index (χ0n) is 15.4. The van der Waals surface area contributed by atoms with Crippen LogP contribution in [0.5, 0.6) is 11.5 Å². The van der Waals surface area contributed by atoms with Gasteiger partial charge in [0.05, 0.1) is 19.8 Å². The number of nitrogens with one attached hydrogen (secondary N) is 1. The highest BCUT2D eigenvalue weighted by Crippen LogP contribution is 2.30. The van der Waals surface area contributed by atoms with E-state index in [9.17, 15) is 4.79 Å². The molecule has 1 aromatic carbocycles. The van der Waals surface area contributed by atoms with Crippen LogP contribution < -0.4 is 20.5 Å². The number of carbonyl (C=O) groups excluding carboxylic acids is 1. The molecule has 6 nitrogen and oxygen atoms in total. The van der Waals surface area contributed by atoms with E-state index in [1.54, 1.807) is 12.5 Å². The molecule has 1 unspecified atom stereocenters. The van der Waals surface area contributed by atoms with E-state index in [1.807, 2.05) is 25.1 Å². The Hall–Kier alpha value is -1.83. The van der Waals surface area contributed by atoms with E-state index in [1.165, 1.54) is 11.3 Å². The van der Waals surface area contributed by atoms with Gasteiger partial charge in [0.2, 0.25) is 0 Å². The number of hydrogen-bond acceptors (Lipinski definition) is 6. The molecule has 0 aliphatic rings. The molecule has 144 valence electrons. The Morgan fingerprint density at radius 2 is 2.04 bits per heavy atom. The van der Waals surface area contributed by atoms with Crippen molar-refractivity contribution in [3.8, 4) is 11.5 Å². The van der Waals surface area contributed by atoms with Crippen molar-refractivity contribution in [3.63, 3.8) is 0 Å². The van der Waals surface area contributed by atoms with Crippen LogP contribution in [0.25, 0.3) is 0 Å². The number of nitrogens with two attached hydrogens (primary N) is 1. The highest BCUT2D eigenvalue weighted by atomic mass is 35.5. The van der Waals surface area contributed by atoms with Gasteiger partial charge in [-0.05, 0) is 30.5 Å². The fourth-order valence-corrected chi connectivity index (χ4v) is 2.85. The number of aromatic nitrogens is 1. The molecule has 0 bridgehead atoms. The van der Waals surface area contributed by atoms with Crippen molar-refractivity contribution >= 4 is 29.7 Å². The Bertz CT molecular complexity index is 721. The summed E-state index contributed by atoms with van der Waals surface area (Å²) in [6.07, 6.45) is 0. The summed E-state index contributed by atoms with van der Waals surface area (Å²) < 4.78 is 11.2. The highest BCUT2D eigenvalue weighted by Gasteiger charge is 2.16. The van der Waals surface area contributed by atoms with Crippen LogP contribution in [0, 0.1) is 5.92 Å². The zero-order chi connectivity index (χ0) is 18.4. The largest absolute Gasteiger partial charge is 0.493 e. The normalized spacial score (nSPS) is 11.6. The molecule has 1 amide bonds. The molecule has 0 radical (unpaired) electrons. The predicted molar refractivity (Wildman–Crippen MR) is 106 cm³/mol. The quantitative estimate of drug-likeness (QED) is 0.708. The first-order valence-corrected chi connectivity index (χ1v) is 9.08. The molecule has 0 aliphatic heterocycles. The summed E-state index contributed by atoms with van der Waals surface area (Å²) in [5.41, 5.74) is 6.85. The van der Waals surface area contributed by atoms with Gasteiger partial charge in [0.25, 0.3) is 5.91 Å². The Balaban J connectivity index is 0.00000338. The van der Waals surface area contributed by atoms with E-state index in [2.05, 4.69) is 24.1 Å². The molecule has 1 aromatic heterocycles. The molecular formula is C18H26ClN3O3S. The summed E-state index contributed by atoms with van der Waals surface area (Å²) in [6, 6.07) is 5.49. The second kappa shape index (κ2) is 10.4. The van der Waals surface area contributed by atoms with Crippen LogP contribution in [0.3, 0.4) is 0 Å². The molecule has 0 saturated carbocycles. The van der Waals surface area contributed by atoms with Gasteiger partial charge >= 0.3 is 0 Å². The SMILES string of the molecule is COc1cc(C(C)NC(=O)c2csc(CN)n2)ccc1OCC(C)C.Cl. The average Bonchev–Trinajstić information content (AvgIpc) is 3.08. The average molecular weight is 400 g/mol. The molecular weight excluding hydrogens is 374 g/mol. The minimum atomic E-state index is -0.220. The maximum Gasteiger partial charge on any atom is 0.271 e. The first-order valence-electron chi connectivity index (χ1n) is 8.20. The maximum absolute atomic E-state index is 12.3. The second-order valence-corrected chi connectivity index (χ2v) is 7.08. The summed E-state index contributed by atoms with van der Waals surface area (Å²) in [4.78, 5) is 16.5. The standard InChI is InChI=1S/C18H25N3O3S.ClH/c1-11(2)9-24-15-6-5-13(7-16(15)23-4)12(3)20-18(22)14-10-25-17(8-19)21-14;/h5-7,10-12H,8-9,19H2,1-4H3,(H,20,22);1H. The summed E-state index contributed by atoms with van der Waals surface area (Å²) in [5.74, 6) is 1.56. The number of thiazole rings is 1. The molecule has 8 heteroatoms. The minimum absolute atomic E-state index is 0. The van der Waals surface area contributed by atoms with E-state index in [0.717, 1.165) is 10.6 Å². The smallest absolute Gasteiger partial charge is 0.271 e. The molecule has 0 aliphatic carbocycles. The number of rotatable bonds is 8. The first kappa shape index (κ1) is 22.2. The monoisotopic (exact) mass is 399 g/mol. The van der Waals surface area contributed by atoms with E-state index in [4.69, 9.17) is 15.2 Å². The maximum atomic E-state index is 12.3. The lowest BCUT2D eigenvalue weighted by atomic mass is 10.1. The van der Waals surface area contributed by atoms with Crippen LogP contribution in [-0.4, -0.2) is 24.6 Å². The topological polar surface area (TPSA) is 86.5 Å². The number of hydrogen-bond donors (Lipinski definition) is 2. The van der Waals surface area contributed by atoms with Crippen LogP contribution >= 0.6 is 23.7 Å². The third kappa shape index (κ3) is 5.86. The van der Waals surface area contributed by atoms with Crippen LogP contribution in [0.2, 0.25) is 0 Å². The van der Waals surface area contributed by atoms with Crippen molar-refractivity contribution < 1.29 is 14.3 Å². The fraction of sp³-hybridized carbons (Fsp3) is 0.444. The van der Waals surface area contributed by atoms with Gasteiger partial charge in [0.15, 0.2) is 11.5 Å². The summed E-state index contributed by atoms with van der Waals surface area (Å²) in [5, 5.41) is 5.40. The number of halogens is 1. The van der Waals surface area contributed by atoms with Gasteiger partial charge in [-0.2, -0.15) is 0 Å². The third-order valence-corrected chi connectivity index (χ3v) is 4.44. The Morgan fingerprint density at radius 1 is 1.31 bits per heavy atom. The van der Waals surface area contributed by atoms with Crippen molar-refractivity contribution in [2.24, 2.45) is 11.7 Å². The van der Waals surface area contributed by atoms with Crippen molar-refractivity contribution in [1.82, 2.24) is 10.3 Å². The predicted octanol–water partition coefficient (Wildman–Crippen LogP) is 3.56. The highest BCUT2D eigenvalue weighted by molar-refractivity contribution is 7.09. The molecule has 2 rings (SSSR count). The second-order valence-electron chi connectivity index (χ2n) is 6.14. The number of carbonyl (C=O) groups is 1. The van der Waals surface area contributed by atoms with E-state index >= 15 is 0 Å². The van der Waals surface area contributed by atoms with Crippen LogP contribution in [0.1, 0.15) is 47.9 Å². The van der Waals surface area contributed by atoms with Gasteiger partial charge in [0, 0.05) is 11.9 Å². The van der Waals surface area contributed by atoms with Gasteiger partial charge in [-0.15, -0.1) is 23.7 Å². The lowest BCUT2D eigenvalue weighted by Gasteiger charge is -2.17. The summed E-state index contributed by atoms with van der Waals surface area (Å²) in [6.45, 7) is 7.05. The minimum Gasteiger partial charge on any atom is -0.493 e. The summed E-state index contributed by atoms with van der Waals surface area (Å²) >= 11 is 1.38. The van der Waals surface area contributed by atoms with Gasteiger partial charge in [-0.3, -0.25) is 4.79 Å². The van der Waals surface area contributed by atoms with Gasteiger partial charge < -0.3 is 20.5 Å². The number of amides is 1. The number of benzene rings is 1. The van der Waals surface area contributed by atoms with Crippen LogP contribution in [-0.2, 0) is 6.54 Å². The lowest BCUT2D eigenvalue weighted by molar-refractivity contribution is 0.0935. The molecule has 1 heterocycles. The number of methoxy groups -OCH3 is 1. The number of ether oxygens (including phenoxy) is 2.